The molecule has 1 amide bonds. The first-order chi connectivity index (χ1) is 8.00. The lowest BCUT2D eigenvalue weighted by Crippen LogP contribution is -2.12. The summed E-state index contributed by atoms with van der Waals surface area (Å²) in [5.41, 5.74) is 5.91. The number of ether oxygens (including phenoxy) is 1. The number of carbonyl (C=O) groups excluding carboxylic acids is 2. The van der Waals surface area contributed by atoms with Crippen LogP contribution in [0.2, 0.25) is 0 Å². The Balaban J connectivity index is 2.55. The molecule has 4 nitrogen and oxygen atoms in total. The average molecular weight is 235 g/mol. The van der Waals surface area contributed by atoms with Crippen molar-refractivity contribution in [3.05, 3.63) is 35.4 Å². The first kappa shape index (κ1) is 13.2. The molecule has 92 valence electrons. The topological polar surface area (TPSA) is 69.4 Å². The fourth-order valence-corrected chi connectivity index (χ4v) is 1.24. The van der Waals surface area contributed by atoms with Gasteiger partial charge in [-0.25, -0.2) is 4.79 Å². The number of nitrogens with two attached hydrogens (primary N) is 1. The second-order valence-corrected chi connectivity index (χ2v) is 4.26. The third kappa shape index (κ3) is 4.26. The van der Waals surface area contributed by atoms with Gasteiger partial charge >= 0.3 is 5.97 Å². The van der Waals surface area contributed by atoms with E-state index >= 15 is 0 Å². The first-order valence-electron chi connectivity index (χ1n) is 5.57. The van der Waals surface area contributed by atoms with Crippen molar-refractivity contribution in [2.45, 2.75) is 20.3 Å². The first-order valence-corrected chi connectivity index (χ1v) is 5.57. The fraction of sp³-hybridized carbons (Fsp3) is 0.385. The van der Waals surface area contributed by atoms with Crippen LogP contribution >= 0.6 is 0 Å². The number of hydrogen-bond acceptors (Lipinski definition) is 3. The molecular formula is C13H17NO3. The number of carbonyl (C=O) groups is 2. The zero-order valence-corrected chi connectivity index (χ0v) is 10.1. The Bertz CT molecular complexity index is 396. The molecule has 0 fully saturated rings. The van der Waals surface area contributed by atoms with Crippen LogP contribution in [-0.2, 0) is 4.74 Å². The summed E-state index contributed by atoms with van der Waals surface area (Å²) < 4.78 is 5.08. The minimum absolute atomic E-state index is 0.373. The van der Waals surface area contributed by atoms with Gasteiger partial charge in [0.15, 0.2) is 0 Å². The smallest absolute Gasteiger partial charge is 0.338 e. The molecule has 0 saturated heterocycles. The summed E-state index contributed by atoms with van der Waals surface area (Å²) in [6.07, 6.45) is 0.838. The van der Waals surface area contributed by atoms with Crippen molar-refractivity contribution in [3.8, 4) is 0 Å². The summed E-state index contributed by atoms with van der Waals surface area (Å²) in [5.74, 6) is -0.383. The highest BCUT2D eigenvalue weighted by Gasteiger charge is 2.08. The number of benzene rings is 1. The molecule has 0 aliphatic rings. The Morgan fingerprint density at radius 2 is 1.71 bits per heavy atom. The van der Waals surface area contributed by atoms with E-state index < -0.39 is 5.91 Å². The maximum Gasteiger partial charge on any atom is 0.338 e. The Kier molecular flexibility index (Phi) is 4.69. The number of rotatable bonds is 5. The third-order valence-electron chi connectivity index (χ3n) is 2.33. The molecule has 0 bridgehead atoms. The van der Waals surface area contributed by atoms with E-state index in [0.717, 1.165) is 6.42 Å². The largest absolute Gasteiger partial charge is 0.462 e. The molecule has 0 aromatic heterocycles. The molecule has 1 aromatic carbocycles. The summed E-state index contributed by atoms with van der Waals surface area (Å²) in [6, 6.07) is 6.11. The van der Waals surface area contributed by atoms with Crippen molar-refractivity contribution in [1.82, 2.24) is 0 Å². The van der Waals surface area contributed by atoms with Gasteiger partial charge in [0.1, 0.15) is 0 Å². The van der Waals surface area contributed by atoms with Crippen LogP contribution in [0.4, 0.5) is 0 Å². The Hall–Kier alpha value is -1.84. The van der Waals surface area contributed by atoms with E-state index in [0.29, 0.717) is 23.7 Å². The van der Waals surface area contributed by atoms with E-state index in [-0.39, 0.29) is 5.97 Å². The van der Waals surface area contributed by atoms with Crippen LogP contribution in [0, 0.1) is 5.92 Å². The van der Waals surface area contributed by atoms with E-state index in [1.54, 1.807) is 0 Å². The van der Waals surface area contributed by atoms with Crippen LogP contribution in [0.5, 0.6) is 0 Å². The highest BCUT2D eigenvalue weighted by atomic mass is 16.5. The molecule has 0 radical (unpaired) electrons. The molecule has 0 aliphatic carbocycles. The molecular weight excluding hydrogens is 218 g/mol. The molecule has 0 aliphatic heterocycles. The van der Waals surface area contributed by atoms with Gasteiger partial charge in [-0.1, -0.05) is 13.8 Å². The standard InChI is InChI=1S/C13H17NO3/c1-9(2)7-8-17-13(16)11-5-3-10(4-6-11)12(14)15/h3-6,9H,7-8H2,1-2H3,(H2,14,15). The van der Waals surface area contributed by atoms with Crippen molar-refractivity contribution in [2.75, 3.05) is 6.61 Å². The quantitative estimate of drug-likeness (QED) is 0.793. The number of primary amides is 1. The summed E-state index contributed by atoms with van der Waals surface area (Å²) in [6.45, 7) is 4.54. The van der Waals surface area contributed by atoms with Gasteiger partial charge in [-0.15, -0.1) is 0 Å². The highest BCUT2D eigenvalue weighted by molar-refractivity contribution is 5.95. The lowest BCUT2D eigenvalue weighted by molar-refractivity contribution is 0.0488. The van der Waals surface area contributed by atoms with Crippen LogP contribution in [0.25, 0.3) is 0 Å². The maximum atomic E-state index is 11.6. The molecule has 2 N–H and O–H groups in total. The fourth-order valence-electron chi connectivity index (χ4n) is 1.24. The minimum atomic E-state index is -0.510. The average Bonchev–Trinajstić information content (AvgIpc) is 2.28. The molecule has 1 rings (SSSR count). The van der Waals surface area contributed by atoms with Gasteiger partial charge in [-0.05, 0) is 36.6 Å². The highest BCUT2D eigenvalue weighted by Crippen LogP contribution is 2.07. The maximum absolute atomic E-state index is 11.6. The summed E-state index contributed by atoms with van der Waals surface area (Å²) in [7, 11) is 0. The van der Waals surface area contributed by atoms with Crippen molar-refractivity contribution >= 4 is 11.9 Å². The second-order valence-electron chi connectivity index (χ2n) is 4.26. The van der Waals surface area contributed by atoms with E-state index in [2.05, 4.69) is 13.8 Å². The lowest BCUT2D eigenvalue weighted by Gasteiger charge is -2.06. The van der Waals surface area contributed by atoms with Gasteiger partial charge in [0, 0.05) is 5.56 Å². The van der Waals surface area contributed by atoms with Crippen molar-refractivity contribution in [2.24, 2.45) is 11.7 Å². The van der Waals surface area contributed by atoms with E-state index in [1.807, 2.05) is 0 Å². The second kappa shape index (κ2) is 6.03. The predicted molar refractivity (Wildman–Crippen MR) is 64.7 cm³/mol. The SMILES string of the molecule is CC(C)CCOC(=O)c1ccc(C(N)=O)cc1. The normalized spacial score (nSPS) is 10.3. The van der Waals surface area contributed by atoms with Crippen molar-refractivity contribution in [1.29, 1.82) is 0 Å². The van der Waals surface area contributed by atoms with Crippen molar-refractivity contribution in [3.63, 3.8) is 0 Å². The number of hydrogen-bond donors (Lipinski definition) is 1. The molecule has 0 unspecified atom stereocenters. The molecule has 0 heterocycles. The summed E-state index contributed by atoms with van der Waals surface area (Å²) in [5, 5.41) is 0. The van der Waals surface area contributed by atoms with Crippen LogP contribution in [-0.4, -0.2) is 18.5 Å². The van der Waals surface area contributed by atoms with Crippen LogP contribution in [0.3, 0.4) is 0 Å². The zero-order chi connectivity index (χ0) is 12.8. The summed E-state index contributed by atoms with van der Waals surface area (Å²) in [4.78, 5) is 22.4. The Morgan fingerprint density at radius 3 is 2.18 bits per heavy atom. The molecule has 0 spiro atoms. The Labute approximate surface area is 101 Å². The molecule has 4 heteroatoms. The predicted octanol–water partition coefficient (Wildman–Crippen LogP) is 1.99. The number of amides is 1. The molecule has 0 atom stereocenters. The minimum Gasteiger partial charge on any atom is -0.462 e. The van der Waals surface area contributed by atoms with E-state index in [4.69, 9.17) is 10.5 Å². The molecule has 17 heavy (non-hydrogen) atoms. The lowest BCUT2D eigenvalue weighted by atomic mass is 10.1. The van der Waals surface area contributed by atoms with Gasteiger partial charge < -0.3 is 10.5 Å². The van der Waals surface area contributed by atoms with Crippen LogP contribution in [0.1, 0.15) is 41.0 Å². The van der Waals surface area contributed by atoms with Crippen molar-refractivity contribution < 1.29 is 14.3 Å². The van der Waals surface area contributed by atoms with E-state index in [9.17, 15) is 9.59 Å². The van der Waals surface area contributed by atoms with Gasteiger partial charge in [-0.3, -0.25) is 4.79 Å². The molecule has 1 aromatic rings. The van der Waals surface area contributed by atoms with Gasteiger partial charge in [0.05, 0.1) is 12.2 Å². The number of esters is 1. The Morgan fingerprint density at radius 1 is 1.18 bits per heavy atom. The monoisotopic (exact) mass is 235 g/mol. The van der Waals surface area contributed by atoms with Gasteiger partial charge in [0.2, 0.25) is 5.91 Å². The van der Waals surface area contributed by atoms with E-state index in [1.165, 1.54) is 24.3 Å². The van der Waals surface area contributed by atoms with Gasteiger partial charge in [0.25, 0.3) is 0 Å². The molecule has 0 saturated carbocycles. The van der Waals surface area contributed by atoms with Gasteiger partial charge in [-0.2, -0.15) is 0 Å². The van der Waals surface area contributed by atoms with Crippen LogP contribution in [0.15, 0.2) is 24.3 Å². The third-order valence-corrected chi connectivity index (χ3v) is 2.33. The zero-order valence-electron chi connectivity index (χ0n) is 10.1. The van der Waals surface area contributed by atoms with Crippen LogP contribution < -0.4 is 5.73 Å². The summed E-state index contributed by atoms with van der Waals surface area (Å²) >= 11 is 0.